The lowest BCUT2D eigenvalue weighted by Gasteiger charge is -2.35. The summed E-state index contributed by atoms with van der Waals surface area (Å²) in [5.74, 6) is -1.13. The lowest BCUT2D eigenvalue weighted by atomic mass is 9.78. The first-order valence-corrected chi connectivity index (χ1v) is 9.49. The number of hydrogen-bond donors (Lipinski definition) is 2. The van der Waals surface area contributed by atoms with Crippen LogP contribution in [0.3, 0.4) is 0 Å². The highest BCUT2D eigenvalue weighted by Gasteiger charge is 2.60. The molecule has 0 aliphatic carbocycles. The SMILES string of the molecule is OC(C1=CNC2N=CC=CC12)(c1ccc2c(cnn2-c2ccc(F)cc2)c1)C(F)(F)F. The molecule has 0 bridgehead atoms. The normalized spacial score (nSPS) is 22.2. The molecule has 31 heavy (non-hydrogen) atoms. The van der Waals surface area contributed by atoms with Crippen molar-refractivity contribution in [2.75, 3.05) is 0 Å². The molecule has 3 aromatic rings. The molecular weight excluding hydrogens is 412 g/mol. The van der Waals surface area contributed by atoms with E-state index in [0.29, 0.717) is 16.6 Å². The van der Waals surface area contributed by atoms with Crippen molar-refractivity contribution < 1.29 is 22.7 Å². The molecular formula is C22H16F4N4O. The van der Waals surface area contributed by atoms with E-state index in [1.807, 2.05) is 0 Å². The molecule has 5 nitrogen and oxygen atoms in total. The van der Waals surface area contributed by atoms with Gasteiger partial charge in [-0.3, -0.25) is 4.99 Å². The zero-order chi connectivity index (χ0) is 21.8. The zero-order valence-corrected chi connectivity index (χ0v) is 15.9. The highest BCUT2D eigenvalue weighted by Crippen LogP contribution is 2.49. The minimum atomic E-state index is -4.97. The van der Waals surface area contributed by atoms with Crippen LogP contribution in [0, 0.1) is 11.7 Å². The Hall–Kier alpha value is -3.46. The maximum Gasteiger partial charge on any atom is 0.425 e. The summed E-state index contributed by atoms with van der Waals surface area (Å²) in [6.45, 7) is 0. The van der Waals surface area contributed by atoms with Gasteiger partial charge in [-0.2, -0.15) is 18.3 Å². The van der Waals surface area contributed by atoms with Crippen LogP contribution in [0.15, 0.2) is 77.6 Å². The molecule has 5 rings (SSSR count). The Balaban J connectivity index is 1.61. The number of rotatable bonds is 3. The summed E-state index contributed by atoms with van der Waals surface area (Å²) < 4.78 is 57.5. The predicted molar refractivity (Wildman–Crippen MR) is 107 cm³/mol. The lowest BCUT2D eigenvalue weighted by Crippen LogP contribution is -2.46. The smallest absolute Gasteiger partial charge is 0.372 e. The van der Waals surface area contributed by atoms with Crippen molar-refractivity contribution in [3.63, 3.8) is 0 Å². The molecule has 0 saturated heterocycles. The number of nitrogens with zero attached hydrogens (tertiary/aromatic N) is 3. The molecule has 0 fully saturated rings. The van der Waals surface area contributed by atoms with Gasteiger partial charge < -0.3 is 10.4 Å². The summed E-state index contributed by atoms with van der Waals surface area (Å²) in [7, 11) is 0. The highest BCUT2D eigenvalue weighted by atomic mass is 19.4. The van der Waals surface area contributed by atoms with Gasteiger partial charge in [-0.05, 0) is 48.0 Å². The van der Waals surface area contributed by atoms with Gasteiger partial charge >= 0.3 is 6.18 Å². The average Bonchev–Trinajstić information content (AvgIpc) is 3.37. The molecule has 1 aromatic heterocycles. The monoisotopic (exact) mass is 428 g/mol. The first-order valence-electron chi connectivity index (χ1n) is 9.49. The highest BCUT2D eigenvalue weighted by molar-refractivity contribution is 5.81. The molecule has 0 radical (unpaired) electrons. The summed E-state index contributed by atoms with van der Waals surface area (Å²) in [6.07, 6.45) is 1.72. The molecule has 0 saturated carbocycles. The van der Waals surface area contributed by atoms with Crippen LogP contribution in [0.1, 0.15) is 5.56 Å². The van der Waals surface area contributed by atoms with Gasteiger partial charge in [0.25, 0.3) is 0 Å². The van der Waals surface area contributed by atoms with E-state index in [9.17, 15) is 22.7 Å². The molecule has 2 N–H and O–H groups in total. The van der Waals surface area contributed by atoms with Gasteiger partial charge in [0.1, 0.15) is 12.0 Å². The Morgan fingerprint density at radius 3 is 2.58 bits per heavy atom. The summed E-state index contributed by atoms with van der Waals surface area (Å²) in [5, 5.41) is 18.5. The Bertz CT molecular complexity index is 1240. The number of halogens is 4. The summed E-state index contributed by atoms with van der Waals surface area (Å²) >= 11 is 0. The van der Waals surface area contributed by atoms with Crippen LogP contribution in [0.2, 0.25) is 0 Å². The van der Waals surface area contributed by atoms with Crippen LogP contribution in [0.25, 0.3) is 16.6 Å². The summed E-state index contributed by atoms with van der Waals surface area (Å²) in [6, 6.07) is 9.57. The predicted octanol–water partition coefficient (Wildman–Crippen LogP) is 3.98. The second-order valence-electron chi connectivity index (χ2n) is 7.43. The zero-order valence-electron chi connectivity index (χ0n) is 15.9. The minimum absolute atomic E-state index is 0.219. The summed E-state index contributed by atoms with van der Waals surface area (Å²) in [5.41, 5.74) is -2.65. The molecule has 3 heterocycles. The van der Waals surface area contributed by atoms with Gasteiger partial charge in [-0.25, -0.2) is 9.07 Å². The maximum atomic E-state index is 14.3. The number of aliphatic hydroxyl groups is 1. The number of alkyl halides is 3. The van der Waals surface area contributed by atoms with Crippen LogP contribution in [-0.4, -0.2) is 33.4 Å². The van der Waals surface area contributed by atoms with Crippen LogP contribution >= 0.6 is 0 Å². The molecule has 158 valence electrons. The number of allylic oxidation sites excluding steroid dienone is 1. The van der Waals surface area contributed by atoms with E-state index in [1.165, 1.54) is 65.8 Å². The van der Waals surface area contributed by atoms with E-state index < -0.39 is 29.7 Å². The Morgan fingerprint density at radius 1 is 1.06 bits per heavy atom. The van der Waals surface area contributed by atoms with E-state index in [4.69, 9.17) is 0 Å². The van der Waals surface area contributed by atoms with Crippen molar-refractivity contribution >= 4 is 17.1 Å². The Labute approximate surface area is 174 Å². The van der Waals surface area contributed by atoms with Gasteiger partial charge in [-0.15, -0.1) is 0 Å². The van der Waals surface area contributed by atoms with Gasteiger partial charge in [0, 0.05) is 29.3 Å². The van der Waals surface area contributed by atoms with Crippen molar-refractivity contribution in [3.8, 4) is 5.69 Å². The number of nitrogens with one attached hydrogen (secondary N) is 1. The lowest BCUT2D eigenvalue weighted by molar-refractivity contribution is -0.251. The minimum Gasteiger partial charge on any atom is -0.372 e. The van der Waals surface area contributed by atoms with Gasteiger partial charge in [-0.1, -0.05) is 12.1 Å². The topological polar surface area (TPSA) is 62.4 Å². The molecule has 3 atom stereocenters. The number of aromatic nitrogens is 2. The van der Waals surface area contributed by atoms with Gasteiger partial charge in [0.05, 0.1) is 17.4 Å². The summed E-state index contributed by atoms with van der Waals surface area (Å²) in [4.78, 5) is 4.13. The van der Waals surface area contributed by atoms with Crippen molar-refractivity contribution in [2.24, 2.45) is 10.9 Å². The number of hydrogen-bond acceptors (Lipinski definition) is 4. The van der Waals surface area contributed by atoms with E-state index >= 15 is 0 Å². The second kappa shape index (κ2) is 6.78. The fourth-order valence-corrected chi connectivity index (χ4v) is 4.09. The van der Waals surface area contributed by atoms with Crippen molar-refractivity contribution in [2.45, 2.75) is 17.9 Å². The Morgan fingerprint density at radius 2 is 1.84 bits per heavy atom. The molecule has 2 aliphatic heterocycles. The van der Waals surface area contributed by atoms with Crippen LogP contribution in [0.5, 0.6) is 0 Å². The maximum absolute atomic E-state index is 14.3. The van der Waals surface area contributed by atoms with Crippen molar-refractivity contribution in [3.05, 3.63) is 84.0 Å². The second-order valence-corrected chi connectivity index (χ2v) is 7.43. The number of benzene rings is 2. The van der Waals surface area contributed by atoms with E-state index in [0.717, 1.165) is 0 Å². The molecule has 2 aromatic carbocycles. The molecule has 2 aliphatic rings. The van der Waals surface area contributed by atoms with E-state index in [2.05, 4.69) is 15.4 Å². The molecule has 9 heteroatoms. The van der Waals surface area contributed by atoms with Gasteiger partial charge in [0.15, 0.2) is 0 Å². The third kappa shape index (κ3) is 2.96. The number of dihydropyridines is 1. The average molecular weight is 428 g/mol. The van der Waals surface area contributed by atoms with Crippen molar-refractivity contribution in [1.29, 1.82) is 0 Å². The fourth-order valence-electron chi connectivity index (χ4n) is 4.09. The fraction of sp³-hybridized carbons (Fsp3) is 0.182. The first kappa shape index (κ1) is 19.5. The number of fused-ring (bicyclic) bond motifs is 2. The third-order valence-corrected chi connectivity index (χ3v) is 5.65. The third-order valence-electron chi connectivity index (χ3n) is 5.65. The van der Waals surface area contributed by atoms with E-state index in [-0.39, 0.29) is 11.1 Å². The van der Waals surface area contributed by atoms with E-state index in [1.54, 1.807) is 12.2 Å². The molecule has 0 spiro atoms. The first-order chi connectivity index (χ1) is 14.8. The number of aliphatic imine (C=N–C) groups is 1. The molecule has 0 amide bonds. The standard InChI is InChI=1S/C22H16F4N4O/c23-15-4-6-16(7-5-15)30-19-8-3-14(10-13(19)11-29-30)21(31,22(24,25)26)18-12-28-20-17(18)2-1-9-27-20/h1-12,17,20,28,31H. The largest absolute Gasteiger partial charge is 0.425 e. The molecule has 3 unspecified atom stereocenters. The van der Waals surface area contributed by atoms with Gasteiger partial charge in [0.2, 0.25) is 5.60 Å². The Kier molecular flexibility index (Phi) is 4.26. The van der Waals surface area contributed by atoms with Crippen molar-refractivity contribution in [1.82, 2.24) is 15.1 Å². The van der Waals surface area contributed by atoms with Crippen LogP contribution in [0.4, 0.5) is 17.6 Å². The quantitative estimate of drug-likeness (QED) is 0.621. The van der Waals surface area contributed by atoms with Crippen LogP contribution in [-0.2, 0) is 5.60 Å². The van der Waals surface area contributed by atoms with Crippen LogP contribution < -0.4 is 5.32 Å².